The number of aliphatic carboxylic acids is 1. The second-order valence-corrected chi connectivity index (χ2v) is 31.9. The molecule has 0 unspecified atom stereocenters. The summed E-state index contributed by atoms with van der Waals surface area (Å²) in [7, 11) is 0. The third-order valence-corrected chi connectivity index (χ3v) is 22.0. The Kier molecular flexibility index (Phi) is 97.1. The minimum absolute atomic E-state index is 0. The van der Waals surface area contributed by atoms with E-state index >= 15 is 0 Å². The molecule has 576 valence electrons. The van der Waals surface area contributed by atoms with Gasteiger partial charge in [-0.2, -0.15) is 0 Å². The van der Waals surface area contributed by atoms with Gasteiger partial charge in [-0.05, 0) is 32.1 Å². The number of hydrogen-bond donors (Lipinski definition) is 0. The van der Waals surface area contributed by atoms with Crippen molar-refractivity contribution in [1.29, 1.82) is 0 Å². The molecular weight excluding hydrogens is 1250 g/mol. The molecular formula is C88H172AlKO8. The summed E-state index contributed by atoms with van der Waals surface area (Å²) in [5, 5.41) is 10.3. The van der Waals surface area contributed by atoms with E-state index in [4.69, 9.17) is 11.4 Å². The third kappa shape index (κ3) is 94.1. The van der Waals surface area contributed by atoms with Crippen LogP contribution in [0.1, 0.15) is 541 Å². The largest absolute Gasteiger partial charge is 1.20 e. The van der Waals surface area contributed by atoms with Crippen LogP contribution >= 0.6 is 0 Å². The second-order valence-electron chi connectivity index (χ2n) is 30.6. The number of carboxylic acids is 1. The van der Waals surface area contributed by atoms with Crippen molar-refractivity contribution >= 4 is 39.0 Å². The normalized spacial score (nSPS) is 11.2. The summed E-state index contributed by atoms with van der Waals surface area (Å²) in [4.78, 5) is 49.0. The van der Waals surface area contributed by atoms with E-state index in [1.807, 2.05) is 0 Å². The van der Waals surface area contributed by atoms with E-state index in [0.717, 1.165) is 70.6 Å². The Morgan fingerprint density at radius 2 is 0.286 bits per heavy atom. The van der Waals surface area contributed by atoms with Crippen LogP contribution in [0.15, 0.2) is 0 Å². The Balaban J connectivity index is -0.00000303. The van der Waals surface area contributed by atoms with Crippen LogP contribution in [0, 0.1) is 0 Å². The van der Waals surface area contributed by atoms with Crippen LogP contribution in [0.2, 0.25) is 0 Å². The van der Waals surface area contributed by atoms with Crippen LogP contribution in [0.3, 0.4) is 0 Å². The van der Waals surface area contributed by atoms with Crippen molar-refractivity contribution in [3.63, 3.8) is 0 Å². The zero-order valence-electron chi connectivity index (χ0n) is 67.4. The van der Waals surface area contributed by atoms with E-state index in [1.54, 1.807) is 0 Å². The molecule has 0 rings (SSSR count). The monoisotopic (exact) mass is 1420 g/mol. The quantitative estimate of drug-likeness (QED) is 0.0436. The zero-order valence-corrected chi connectivity index (χ0v) is 71.7. The van der Waals surface area contributed by atoms with Gasteiger partial charge in [-0.15, -0.1) is 0 Å². The van der Waals surface area contributed by atoms with Gasteiger partial charge in [-0.25, -0.2) is 0 Å². The molecule has 0 fully saturated rings. The van der Waals surface area contributed by atoms with Crippen LogP contribution in [-0.2, 0) is 30.5 Å². The van der Waals surface area contributed by atoms with E-state index < -0.39 is 39.0 Å². The zero-order chi connectivity index (χ0) is 70.6. The van der Waals surface area contributed by atoms with Gasteiger partial charge in [0, 0.05) is 25.2 Å². The van der Waals surface area contributed by atoms with E-state index in [9.17, 15) is 24.3 Å². The third-order valence-electron chi connectivity index (χ3n) is 20.6. The SMILES string of the molecule is CCCCCCCCCCCCCCCCCCCCCC(=O)[O-].CCCCCCCCCCCCCCCCCCCCCC(=O)[O][Al]([O]C(=O)CCCCCCCCCCCCCCCCCCCCC)[O]C(=O)CCCCCCCCCCCCCCCCCCCCC.[K+]. The smallest absolute Gasteiger partial charge is 0.551 e. The van der Waals surface area contributed by atoms with Crippen LogP contribution < -0.4 is 56.5 Å². The van der Waals surface area contributed by atoms with Crippen molar-refractivity contribution in [1.82, 2.24) is 0 Å². The van der Waals surface area contributed by atoms with Crippen molar-refractivity contribution < 1.29 is 87.0 Å². The molecule has 0 atom stereocenters. The van der Waals surface area contributed by atoms with Gasteiger partial charge in [-0.1, -0.05) is 490 Å². The van der Waals surface area contributed by atoms with E-state index in [0.29, 0.717) is 0 Å². The fourth-order valence-electron chi connectivity index (χ4n) is 14.0. The number of carbonyl (C=O) groups excluding carboxylic acids is 4. The molecule has 0 N–H and O–H groups in total. The van der Waals surface area contributed by atoms with Crippen LogP contribution in [0.4, 0.5) is 0 Å². The molecule has 0 radical (unpaired) electrons. The maximum atomic E-state index is 12.9. The molecule has 10 heteroatoms. The molecule has 0 aromatic rings. The molecule has 0 aromatic carbocycles. The minimum atomic E-state index is -3.26. The number of carboxylic acid groups (broad SMARTS) is 1. The van der Waals surface area contributed by atoms with Crippen molar-refractivity contribution in [2.24, 2.45) is 0 Å². The van der Waals surface area contributed by atoms with Crippen molar-refractivity contribution in [2.75, 3.05) is 0 Å². The summed E-state index contributed by atoms with van der Waals surface area (Å²) in [6, 6.07) is 0. The topological polar surface area (TPSA) is 119 Å². The van der Waals surface area contributed by atoms with Gasteiger partial charge in [0.1, 0.15) is 0 Å². The molecule has 0 saturated carbocycles. The minimum Gasteiger partial charge on any atom is -0.551 e. The first kappa shape index (κ1) is 102. The number of unbranched alkanes of at least 4 members (excludes halogenated alkanes) is 72. The summed E-state index contributed by atoms with van der Waals surface area (Å²) in [5.41, 5.74) is 0. The molecule has 0 aromatic heterocycles. The summed E-state index contributed by atoms with van der Waals surface area (Å²) >= 11 is -3.26. The van der Waals surface area contributed by atoms with Gasteiger partial charge in [0.25, 0.3) is 17.9 Å². The van der Waals surface area contributed by atoms with Gasteiger partial charge < -0.3 is 21.3 Å². The predicted molar refractivity (Wildman–Crippen MR) is 421 cm³/mol. The van der Waals surface area contributed by atoms with Crippen LogP contribution in [-0.4, -0.2) is 39.0 Å². The first-order chi connectivity index (χ1) is 47.8. The Morgan fingerprint density at radius 1 is 0.184 bits per heavy atom. The standard InChI is InChI=1S/4C22H44O2.Al.K/c4*1-2-3-4-5-6-7-8-9-10-11-12-13-14-15-16-17-18-19-20-21-22(23)24;;/h4*2-21H2,1H3,(H,23,24);;/q;;;;+3;+1/p-4. The summed E-state index contributed by atoms with van der Waals surface area (Å²) in [6.07, 6.45) is 101. The van der Waals surface area contributed by atoms with Crippen LogP contribution in [0.5, 0.6) is 0 Å². The summed E-state index contributed by atoms with van der Waals surface area (Å²) in [6.45, 7) is 9.15. The predicted octanol–water partition coefficient (Wildman–Crippen LogP) is 26.6. The first-order valence-corrected chi connectivity index (χ1v) is 46.0. The average Bonchev–Trinajstić information content (AvgIpc) is 1.85. The Labute approximate surface area is 661 Å². The number of hydrogen-bond acceptors (Lipinski definition) is 8. The Bertz CT molecular complexity index is 1400. The molecule has 0 heterocycles. The second kappa shape index (κ2) is 93.1. The number of rotatable bonds is 83. The fraction of sp³-hybridized carbons (Fsp3) is 0.955. The molecule has 0 aliphatic carbocycles. The van der Waals surface area contributed by atoms with Gasteiger partial charge in [0.05, 0.1) is 0 Å². The maximum Gasteiger partial charge on any atom is 1.20 e. The molecule has 8 nitrogen and oxygen atoms in total. The maximum absolute atomic E-state index is 12.9. The average molecular weight is 1420 g/mol. The van der Waals surface area contributed by atoms with Crippen molar-refractivity contribution in [3.8, 4) is 0 Å². The molecule has 0 aliphatic rings. The van der Waals surface area contributed by atoms with Gasteiger partial charge in [0.15, 0.2) is 0 Å². The number of carbonyl (C=O) groups is 4. The molecule has 98 heavy (non-hydrogen) atoms. The van der Waals surface area contributed by atoms with Gasteiger partial charge in [-0.3, -0.25) is 14.4 Å². The van der Waals surface area contributed by atoms with Crippen molar-refractivity contribution in [3.05, 3.63) is 0 Å². The molecule has 0 amide bonds. The van der Waals surface area contributed by atoms with Gasteiger partial charge in [0.2, 0.25) is 0 Å². The summed E-state index contributed by atoms with van der Waals surface area (Å²) in [5.74, 6) is -2.12. The molecule has 0 spiro atoms. The van der Waals surface area contributed by atoms with E-state index in [2.05, 4.69) is 27.7 Å². The molecule has 0 bridgehead atoms. The molecule has 0 saturated heterocycles. The Hall–Kier alpha value is 0.0488. The van der Waals surface area contributed by atoms with E-state index in [-0.39, 0.29) is 77.1 Å². The van der Waals surface area contributed by atoms with E-state index in [1.165, 1.54) is 417 Å². The first-order valence-electron chi connectivity index (χ1n) is 44.6. The summed E-state index contributed by atoms with van der Waals surface area (Å²) < 4.78 is 16.9. The van der Waals surface area contributed by atoms with Crippen LogP contribution in [0.25, 0.3) is 0 Å². The Morgan fingerprint density at radius 3 is 0.398 bits per heavy atom. The fourth-order valence-corrected chi connectivity index (χ4v) is 15.1. The molecule has 0 aliphatic heterocycles. The van der Waals surface area contributed by atoms with Crippen molar-refractivity contribution in [2.45, 2.75) is 541 Å². The van der Waals surface area contributed by atoms with Gasteiger partial charge >= 0.3 is 66.5 Å².